The number of carbonyl (C=O) groups is 1. The van der Waals surface area contributed by atoms with Gasteiger partial charge in [0.25, 0.3) is 0 Å². The number of hydrogen-bond donors (Lipinski definition) is 1. The smallest absolute Gasteiger partial charge is 0.224 e. The molecule has 0 aliphatic carbocycles. The molecule has 1 rings (SSSR count). The molecule has 2 atom stereocenters. The Bertz CT molecular complexity index is 228. The van der Waals surface area contributed by atoms with Gasteiger partial charge in [-0.05, 0) is 24.7 Å². The quantitative estimate of drug-likeness (QED) is 0.779. The Labute approximate surface area is 99.4 Å². The first-order valence-electron chi connectivity index (χ1n) is 6.58. The van der Waals surface area contributed by atoms with Crippen LogP contribution in [0.2, 0.25) is 0 Å². The van der Waals surface area contributed by atoms with Gasteiger partial charge in [-0.2, -0.15) is 0 Å². The lowest BCUT2D eigenvalue weighted by molar-refractivity contribution is -0.130. The van der Waals surface area contributed by atoms with E-state index in [1.165, 1.54) is 0 Å². The van der Waals surface area contributed by atoms with Gasteiger partial charge in [-0.15, -0.1) is 0 Å². The molecule has 0 saturated carbocycles. The third-order valence-electron chi connectivity index (χ3n) is 3.62. The topological polar surface area (TPSA) is 46.3 Å². The molecule has 0 aromatic rings. The number of nitrogens with zero attached hydrogens (tertiary/aromatic N) is 1. The van der Waals surface area contributed by atoms with E-state index >= 15 is 0 Å². The minimum absolute atomic E-state index is 0.0515. The molecule has 1 saturated heterocycles. The third-order valence-corrected chi connectivity index (χ3v) is 3.62. The highest BCUT2D eigenvalue weighted by molar-refractivity contribution is 5.77. The van der Waals surface area contributed by atoms with E-state index in [1.807, 2.05) is 4.90 Å². The Kier molecular flexibility index (Phi) is 5.26. The van der Waals surface area contributed by atoms with Gasteiger partial charge in [0, 0.05) is 25.6 Å². The van der Waals surface area contributed by atoms with Crippen LogP contribution in [0.4, 0.5) is 0 Å². The molecule has 3 heteroatoms. The summed E-state index contributed by atoms with van der Waals surface area (Å²) in [7, 11) is 0. The summed E-state index contributed by atoms with van der Waals surface area (Å²) in [6, 6.07) is 0.0515. The largest absolute Gasteiger partial charge is 0.342 e. The van der Waals surface area contributed by atoms with Gasteiger partial charge >= 0.3 is 0 Å². The second kappa shape index (κ2) is 6.24. The van der Waals surface area contributed by atoms with Crippen molar-refractivity contribution < 1.29 is 4.79 Å². The summed E-state index contributed by atoms with van der Waals surface area (Å²) in [4.78, 5) is 13.9. The molecule has 3 nitrogen and oxygen atoms in total. The Balaban J connectivity index is 2.33. The van der Waals surface area contributed by atoms with E-state index in [0.717, 1.165) is 32.4 Å². The molecule has 1 aliphatic heterocycles. The Hall–Kier alpha value is -0.570. The number of likely N-dealkylation sites (tertiary alicyclic amines) is 1. The maximum atomic E-state index is 11.9. The number of rotatable bonds is 5. The zero-order valence-electron chi connectivity index (χ0n) is 10.9. The zero-order chi connectivity index (χ0) is 12.1. The van der Waals surface area contributed by atoms with Crippen molar-refractivity contribution >= 4 is 5.91 Å². The molecule has 94 valence electrons. The highest BCUT2D eigenvalue weighted by atomic mass is 16.2. The van der Waals surface area contributed by atoms with Crippen LogP contribution in [0.15, 0.2) is 0 Å². The van der Waals surface area contributed by atoms with Gasteiger partial charge < -0.3 is 10.6 Å². The van der Waals surface area contributed by atoms with Crippen LogP contribution in [0.5, 0.6) is 0 Å². The summed E-state index contributed by atoms with van der Waals surface area (Å²) in [6.45, 7) is 8.45. The van der Waals surface area contributed by atoms with Crippen LogP contribution in [0.3, 0.4) is 0 Å². The van der Waals surface area contributed by atoms with Crippen molar-refractivity contribution in [1.82, 2.24) is 4.90 Å². The minimum atomic E-state index is 0.0515. The van der Waals surface area contributed by atoms with Crippen molar-refractivity contribution in [2.24, 2.45) is 17.6 Å². The first-order valence-corrected chi connectivity index (χ1v) is 6.58. The standard InChI is InChI=1S/C13H26N2O/c1-4-5-12(14)8-13(16)15-7-6-11(9-15)10(2)3/h10-12H,4-9,14H2,1-3H3. The summed E-state index contributed by atoms with van der Waals surface area (Å²) in [5, 5.41) is 0. The fraction of sp³-hybridized carbons (Fsp3) is 0.923. The number of amides is 1. The van der Waals surface area contributed by atoms with Crippen LogP contribution < -0.4 is 5.73 Å². The van der Waals surface area contributed by atoms with E-state index in [-0.39, 0.29) is 11.9 Å². The summed E-state index contributed by atoms with van der Waals surface area (Å²) in [5.74, 6) is 1.62. The first kappa shape index (κ1) is 13.5. The molecule has 1 amide bonds. The van der Waals surface area contributed by atoms with E-state index < -0.39 is 0 Å². The van der Waals surface area contributed by atoms with Crippen molar-refractivity contribution in [2.75, 3.05) is 13.1 Å². The third kappa shape index (κ3) is 3.78. The van der Waals surface area contributed by atoms with Crippen LogP contribution in [-0.4, -0.2) is 29.9 Å². The van der Waals surface area contributed by atoms with Crippen LogP contribution in [0.25, 0.3) is 0 Å². The molecular formula is C13H26N2O. The van der Waals surface area contributed by atoms with Gasteiger partial charge in [-0.3, -0.25) is 4.79 Å². The highest BCUT2D eigenvalue weighted by Crippen LogP contribution is 2.24. The molecule has 0 radical (unpaired) electrons. The van der Waals surface area contributed by atoms with Crippen LogP contribution in [-0.2, 0) is 4.79 Å². The lowest BCUT2D eigenvalue weighted by atomic mass is 9.95. The van der Waals surface area contributed by atoms with Gasteiger partial charge in [0.1, 0.15) is 0 Å². The van der Waals surface area contributed by atoms with Crippen molar-refractivity contribution in [3.8, 4) is 0 Å². The average molecular weight is 226 g/mol. The predicted octanol–water partition coefficient (Wildman–Crippen LogP) is 2.01. The molecule has 1 aliphatic rings. The summed E-state index contributed by atoms with van der Waals surface area (Å²) < 4.78 is 0. The van der Waals surface area contributed by atoms with Gasteiger partial charge in [0.2, 0.25) is 5.91 Å². The van der Waals surface area contributed by atoms with Gasteiger partial charge in [-0.25, -0.2) is 0 Å². The first-order chi connectivity index (χ1) is 7.54. The molecule has 1 heterocycles. The Morgan fingerprint density at radius 2 is 2.19 bits per heavy atom. The lowest BCUT2D eigenvalue weighted by Gasteiger charge is -2.20. The molecule has 2 N–H and O–H groups in total. The second-order valence-electron chi connectivity index (χ2n) is 5.39. The van der Waals surface area contributed by atoms with E-state index in [0.29, 0.717) is 18.3 Å². The molecule has 16 heavy (non-hydrogen) atoms. The Morgan fingerprint density at radius 1 is 1.50 bits per heavy atom. The van der Waals surface area contributed by atoms with E-state index in [1.54, 1.807) is 0 Å². The monoisotopic (exact) mass is 226 g/mol. The number of nitrogens with two attached hydrogens (primary N) is 1. The Morgan fingerprint density at radius 3 is 2.69 bits per heavy atom. The fourth-order valence-corrected chi connectivity index (χ4v) is 2.38. The number of hydrogen-bond acceptors (Lipinski definition) is 2. The maximum absolute atomic E-state index is 11.9. The predicted molar refractivity (Wildman–Crippen MR) is 67.0 cm³/mol. The number of carbonyl (C=O) groups excluding carboxylic acids is 1. The molecular weight excluding hydrogens is 200 g/mol. The van der Waals surface area contributed by atoms with Crippen molar-refractivity contribution in [3.05, 3.63) is 0 Å². The fourth-order valence-electron chi connectivity index (χ4n) is 2.38. The van der Waals surface area contributed by atoms with Gasteiger partial charge in [0.15, 0.2) is 0 Å². The molecule has 1 fully saturated rings. The van der Waals surface area contributed by atoms with Crippen LogP contribution in [0, 0.1) is 11.8 Å². The highest BCUT2D eigenvalue weighted by Gasteiger charge is 2.28. The summed E-state index contributed by atoms with van der Waals surface area (Å²) in [5.41, 5.74) is 5.90. The van der Waals surface area contributed by atoms with Gasteiger partial charge in [0.05, 0.1) is 0 Å². The van der Waals surface area contributed by atoms with E-state index in [9.17, 15) is 4.79 Å². The molecule has 0 bridgehead atoms. The lowest BCUT2D eigenvalue weighted by Crippen LogP contribution is -2.34. The molecule has 0 spiro atoms. The zero-order valence-corrected chi connectivity index (χ0v) is 10.9. The molecule has 0 aromatic heterocycles. The molecule has 2 unspecified atom stereocenters. The average Bonchev–Trinajstić information content (AvgIpc) is 2.66. The minimum Gasteiger partial charge on any atom is -0.342 e. The second-order valence-corrected chi connectivity index (χ2v) is 5.39. The van der Waals surface area contributed by atoms with Gasteiger partial charge in [-0.1, -0.05) is 27.2 Å². The van der Waals surface area contributed by atoms with Crippen molar-refractivity contribution in [1.29, 1.82) is 0 Å². The normalized spacial score (nSPS) is 22.8. The maximum Gasteiger partial charge on any atom is 0.224 e. The summed E-state index contributed by atoms with van der Waals surface area (Å²) in [6.07, 6.45) is 3.70. The SMILES string of the molecule is CCCC(N)CC(=O)N1CCC(C(C)C)C1. The van der Waals surface area contributed by atoms with Crippen molar-refractivity contribution in [2.45, 2.75) is 52.5 Å². The van der Waals surface area contributed by atoms with Crippen molar-refractivity contribution in [3.63, 3.8) is 0 Å². The van der Waals surface area contributed by atoms with Crippen LogP contribution >= 0.6 is 0 Å². The van der Waals surface area contributed by atoms with E-state index in [4.69, 9.17) is 5.73 Å². The van der Waals surface area contributed by atoms with Crippen LogP contribution in [0.1, 0.15) is 46.5 Å². The summed E-state index contributed by atoms with van der Waals surface area (Å²) >= 11 is 0. The van der Waals surface area contributed by atoms with E-state index in [2.05, 4.69) is 20.8 Å². The molecule has 0 aromatic carbocycles.